The molecule has 3 rings (SSSR count). The molecule has 1 N–H and O–H groups in total. The standard InChI is InChI=1S/C18H23N5O3/c1-13(24)22-6-8-23(9-7-22)18-11-17(19-12-20-18)21-14-4-5-15(25-2)16(10-14)26-3/h4-5,10-12H,6-9H2,1-3H3,(H,19,20,21). The second kappa shape index (κ2) is 7.90. The molecule has 1 aromatic heterocycles. The summed E-state index contributed by atoms with van der Waals surface area (Å²) in [6.45, 7) is 4.53. The van der Waals surface area contributed by atoms with Crippen LogP contribution in [0, 0.1) is 0 Å². The van der Waals surface area contributed by atoms with Crippen LogP contribution in [0.25, 0.3) is 0 Å². The number of nitrogens with one attached hydrogen (secondary N) is 1. The molecule has 2 aromatic rings. The molecule has 0 saturated carbocycles. The number of anilines is 3. The van der Waals surface area contributed by atoms with E-state index >= 15 is 0 Å². The summed E-state index contributed by atoms with van der Waals surface area (Å²) in [7, 11) is 3.21. The van der Waals surface area contributed by atoms with E-state index in [0.29, 0.717) is 30.4 Å². The van der Waals surface area contributed by atoms with Crippen molar-refractivity contribution in [2.75, 3.05) is 50.6 Å². The third-order valence-electron chi connectivity index (χ3n) is 4.36. The van der Waals surface area contributed by atoms with Gasteiger partial charge in [-0.15, -0.1) is 0 Å². The van der Waals surface area contributed by atoms with E-state index < -0.39 is 0 Å². The molecule has 0 radical (unpaired) electrons. The second-order valence-corrected chi connectivity index (χ2v) is 5.95. The highest BCUT2D eigenvalue weighted by atomic mass is 16.5. The minimum absolute atomic E-state index is 0.114. The Labute approximate surface area is 152 Å². The number of benzene rings is 1. The fraction of sp³-hybridized carbons (Fsp3) is 0.389. The average Bonchev–Trinajstić information content (AvgIpc) is 2.68. The number of piperazine rings is 1. The van der Waals surface area contributed by atoms with Crippen LogP contribution in [-0.4, -0.2) is 61.2 Å². The van der Waals surface area contributed by atoms with Crippen molar-refractivity contribution in [1.82, 2.24) is 14.9 Å². The lowest BCUT2D eigenvalue weighted by molar-refractivity contribution is -0.129. The Morgan fingerprint density at radius 1 is 1.04 bits per heavy atom. The van der Waals surface area contributed by atoms with Crippen LogP contribution >= 0.6 is 0 Å². The van der Waals surface area contributed by atoms with Gasteiger partial charge < -0.3 is 24.6 Å². The third-order valence-corrected chi connectivity index (χ3v) is 4.36. The summed E-state index contributed by atoms with van der Waals surface area (Å²) in [6.07, 6.45) is 1.54. The molecule has 0 unspecified atom stereocenters. The Hall–Kier alpha value is -3.03. The van der Waals surface area contributed by atoms with Crippen LogP contribution in [0.1, 0.15) is 6.92 Å². The molecule has 0 spiro atoms. The van der Waals surface area contributed by atoms with E-state index in [4.69, 9.17) is 9.47 Å². The van der Waals surface area contributed by atoms with E-state index in [1.165, 1.54) is 6.33 Å². The molecule has 1 fully saturated rings. The van der Waals surface area contributed by atoms with Gasteiger partial charge in [0, 0.05) is 50.9 Å². The molecule has 26 heavy (non-hydrogen) atoms. The quantitative estimate of drug-likeness (QED) is 0.875. The molecule has 0 atom stereocenters. The Morgan fingerprint density at radius 2 is 1.77 bits per heavy atom. The first kappa shape index (κ1) is 17.8. The highest BCUT2D eigenvalue weighted by molar-refractivity contribution is 5.73. The summed E-state index contributed by atoms with van der Waals surface area (Å²) in [5.74, 6) is 2.96. The SMILES string of the molecule is COc1ccc(Nc2cc(N3CCN(C(C)=O)CC3)ncn2)cc1OC. The molecule has 1 aliphatic heterocycles. The van der Waals surface area contributed by atoms with Crippen molar-refractivity contribution in [1.29, 1.82) is 0 Å². The summed E-state index contributed by atoms with van der Waals surface area (Å²) in [5.41, 5.74) is 0.841. The van der Waals surface area contributed by atoms with Gasteiger partial charge in [-0.05, 0) is 12.1 Å². The van der Waals surface area contributed by atoms with Crippen LogP contribution in [0.3, 0.4) is 0 Å². The van der Waals surface area contributed by atoms with Crippen LogP contribution in [0.4, 0.5) is 17.3 Å². The summed E-state index contributed by atoms with van der Waals surface area (Å²) in [4.78, 5) is 24.1. The number of methoxy groups -OCH3 is 2. The van der Waals surface area contributed by atoms with Crippen LogP contribution in [0.5, 0.6) is 11.5 Å². The number of hydrogen-bond acceptors (Lipinski definition) is 7. The number of amides is 1. The van der Waals surface area contributed by atoms with E-state index in [9.17, 15) is 4.79 Å². The molecule has 2 heterocycles. The number of ether oxygens (including phenoxy) is 2. The lowest BCUT2D eigenvalue weighted by Crippen LogP contribution is -2.48. The molecule has 0 aliphatic carbocycles. The Kier molecular flexibility index (Phi) is 5.40. The molecule has 1 aliphatic rings. The normalized spacial score (nSPS) is 14.1. The van der Waals surface area contributed by atoms with Crippen molar-refractivity contribution >= 4 is 23.2 Å². The largest absolute Gasteiger partial charge is 0.493 e. The molecular formula is C18H23N5O3. The van der Waals surface area contributed by atoms with Crippen LogP contribution in [0.15, 0.2) is 30.6 Å². The van der Waals surface area contributed by atoms with Crippen molar-refractivity contribution in [3.05, 3.63) is 30.6 Å². The fourth-order valence-electron chi connectivity index (χ4n) is 2.90. The Morgan fingerprint density at radius 3 is 2.42 bits per heavy atom. The van der Waals surface area contributed by atoms with E-state index in [2.05, 4.69) is 20.2 Å². The predicted octanol–water partition coefficient (Wildman–Crippen LogP) is 1.91. The van der Waals surface area contributed by atoms with Gasteiger partial charge >= 0.3 is 0 Å². The first-order chi connectivity index (χ1) is 12.6. The number of hydrogen-bond donors (Lipinski definition) is 1. The minimum Gasteiger partial charge on any atom is -0.493 e. The van der Waals surface area contributed by atoms with Gasteiger partial charge in [0.2, 0.25) is 5.91 Å². The summed E-state index contributed by atoms with van der Waals surface area (Å²) < 4.78 is 10.6. The van der Waals surface area contributed by atoms with Gasteiger partial charge in [0.25, 0.3) is 0 Å². The van der Waals surface area contributed by atoms with Gasteiger partial charge in [0.15, 0.2) is 11.5 Å². The van der Waals surface area contributed by atoms with Crippen molar-refractivity contribution in [2.24, 2.45) is 0 Å². The number of rotatable bonds is 5. The van der Waals surface area contributed by atoms with Crippen molar-refractivity contribution in [3.8, 4) is 11.5 Å². The third kappa shape index (κ3) is 3.96. The monoisotopic (exact) mass is 357 g/mol. The highest BCUT2D eigenvalue weighted by Gasteiger charge is 2.19. The molecule has 8 nitrogen and oxygen atoms in total. The zero-order valence-corrected chi connectivity index (χ0v) is 15.2. The number of carbonyl (C=O) groups is 1. The topological polar surface area (TPSA) is 79.8 Å². The van der Waals surface area contributed by atoms with Crippen LogP contribution in [-0.2, 0) is 4.79 Å². The zero-order chi connectivity index (χ0) is 18.5. The number of aromatic nitrogens is 2. The maximum atomic E-state index is 11.4. The lowest BCUT2D eigenvalue weighted by atomic mass is 10.2. The van der Waals surface area contributed by atoms with Gasteiger partial charge in [-0.2, -0.15) is 0 Å². The molecule has 138 valence electrons. The second-order valence-electron chi connectivity index (χ2n) is 5.95. The van der Waals surface area contributed by atoms with E-state index in [1.807, 2.05) is 29.2 Å². The maximum Gasteiger partial charge on any atom is 0.219 e. The average molecular weight is 357 g/mol. The number of nitrogens with zero attached hydrogens (tertiary/aromatic N) is 4. The summed E-state index contributed by atoms with van der Waals surface area (Å²) >= 11 is 0. The van der Waals surface area contributed by atoms with Crippen molar-refractivity contribution in [2.45, 2.75) is 6.92 Å². The molecule has 1 amide bonds. The first-order valence-corrected chi connectivity index (χ1v) is 8.42. The predicted molar refractivity (Wildman–Crippen MR) is 99.3 cm³/mol. The molecule has 1 aromatic carbocycles. The van der Waals surface area contributed by atoms with Crippen LogP contribution < -0.4 is 19.7 Å². The maximum absolute atomic E-state index is 11.4. The fourth-order valence-corrected chi connectivity index (χ4v) is 2.90. The number of carbonyl (C=O) groups excluding carboxylic acids is 1. The highest BCUT2D eigenvalue weighted by Crippen LogP contribution is 2.31. The summed E-state index contributed by atoms with van der Waals surface area (Å²) in [5, 5.41) is 3.26. The summed E-state index contributed by atoms with van der Waals surface area (Å²) in [6, 6.07) is 7.49. The van der Waals surface area contributed by atoms with Crippen molar-refractivity contribution < 1.29 is 14.3 Å². The smallest absolute Gasteiger partial charge is 0.219 e. The molecule has 8 heteroatoms. The van der Waals surface area contributed by atoms with Gasteiger partial charge in [0.05, 0.1) is 14.2 Å². The Balaban J connectivity index is 1.71. The molecule has 1 saturated heterocycles. The van der Waals surface area contributed by atoms with Crippen LogP contribution in [0.2, 0.25) is 0 Å². The minimum atomic E-state index is 0.114. The zero-order valence-electron chi connectivity index (χ0n) is 15.2. The first-order valence-electron chi connectivity index (χ1n) is 8.42. The molecule has 0 bridgehead atoms. The van der Waals surface area contributed by atoms with Gasteiger partial charge in [0.1, 0.15) is 18.0 Å². The Bertz CT molecular complexity index is 775. The van der Waals surface area contributed by atoms with Crippen molar-refractivity contribution in [3.63, 3.8) is 0 Å². The van der Waals surface area contributed by atoms with E-state index in [1.54, 1.807) is 21.1 Å². The van der Waals surface area contributed by atoms with E-state index in [-0.39, 0.29) is 5.91 Å². The molecular weight excluding hydrogens is 334 g/mol. The van der Waals surface area contributed by atoms with Gasteiger partial charge in [-0.25, -0.2) is 9.97 Å². The van der Waals surface area contributed by atoms with Gasteiger partial charge in [-0.3, -0.25) is 4.79 Å². The lowest BCUT2D eigenvalue weighted by Gasteiger charge is -2.34. The van der Waals surface area contributed by atoms with E-state index in [0.717, 1.165) is 24.6 Å². The van der Waals surface area contributed by atoms with Gasteiger partial charge in [-0.1, -0.05) is 0 Å².